The Hall–Kier alpha value is -0.500. The van der Waals surface area contributed by atoms with Crippen LogP contribution in [-0.2, 0) is 4.74 Å². The summed E-state index contributed by atoms with van der Waals surface area (Å²) in [4.78, 5) is 0. The van der Waals surface area contributed by atoms with Crippen LogP contribution in [0.1, 0.15) is 41.5 Å². The van der Waals surface area contributed by atoms with E-state index in [0.717, 1.165) is 0 Å². The molecule has 2 aliphatic heterocycles. The maximum absolute atomic E-state index is 6.17. The standard InChI is InChI=1S/C14H25NO/c1-8(2)10-7-15-12-11(14(4,5)6)9(3)16-13(10)12/h7-9,11-13,15H,1-6H3. The van der Waals surface area contributed by atoms with Crippen molar-refractivity contribution >= 4 is 0 Å². The largest absolute Gasteiger partial charge is 0.385 e. The van der Waals surface area contributed by atoms with E-state index in [1.165, 1.54) is 5.57 Å². The third-order valence-corrected chi connectivity index (χ3v) is 4.02. The average molecular weight is 223 g/mol. The molecule has 1 fully saturated rings. The van der Waals surface area contributed by atoms with Crippen molar-refractivity contribution in [3.63, 3.8) is 0 Å². The third kappa shape index (κ3) is 1.77. The summed E-state index contributed by atoms with van der Waals surface area (Å²) in [6, 6.07) is 0.479. The summed E-state index contributed by atoms with van der Waals surface area (Å²) >= 11 is 0. The quantitative estimate of drug-likeness (QED) is 0.738. The lowest BCUT2D eigenvalue weighted by molar-refractivity contribution is 0.0421. The number of ether oxygens (including phenoxy) is 1. The van der Waals surface area contributed by atoms with Crippen LogP contribution in [0.5, 0.6) is 0 Å². The fraction of sp³-hybridized carbons (Fsp3) is 0.857. The van der Waals surface area contributed by atoms with Gasteiger partial charge in [0.05, 0.1) is 12.1 Å². The lowest BCUT2D eigenvalue weighted by atomic mass is 9.73. The van der Waals surface area contributed by atoms with Crippen LogP contribution in [0, 0.1) is 17.3 Å². The maximum atomic E-state index is 6.17. The molecule has 1 N–H and O–H groups in total. The van der Waals surface area contributed by atoms with E-state index in [1.807, 2.05) is 0 Å². The molecule has 0 aromatic rings. The molecule has 2 rings (SSSR count). The van der Waals surface area contributed by atoms with E-state index in [9.17, 15) is 0 Å². The Bertz CT molecular complexity index is 300. The van der Waals surface area contributed by atoms with E-state index in [0.29, 0.717) is 35.5 Å². The third-order valence-electron chi connectivity index (χ3n) is 4.02. The first-order chi connectivity index (χ1) is 7.32. The lowest BCUT2D eigenvalue weighted by Gasteiger charge is -2.33. The van der Waals surface area contributed by atoms with Gasteiger partial charge >= 0.3 is 0 Å². The van der Waals surface area contributed by atoms with E-state index in [-0.39, 0.29) is 0 Å². The monoisotopic (exact) mass is 223 g/mol. The highest BCUT2D eigenvalue weighted by Gasteiger charge is 2.50. The molecule has 1 saturated heterocycles. The fourth-order valence-electron chi connectivity index (χ4n) is 3.37. The fourth-order valence-corrected chi connectivity index (χ4v) is 3.37. The Morgan fingerprint density at radius 1 is 1.31 bits per heavy atom. The van der Waals surface area contributed by atoms with Crippen LogP contribution in [0.25, 0.3) is 0 Å². The van der Waals surface area contributed by atoms with Gasteiger partial charge in [0, 0.05) is 5.92 Å². The molecule has 4 unspecified atom stereocenters. The topological polar surface area (TPSA) is 21.3 Å². The summed E-state index contributed by atoms with van der Waals surface area (Å²) in [6.45, 7) is 13.6. The zero-order chi connectivity index (χ0) is 12.1. The van der Waals surface area contributed by atoms with Gasteiger partial charge in [-0.1, -0.05) is 34.6 Å². The lowest BCUT2D eigenvalue weighted by Crippen LogP contribution is -2.41. The predicted octanol–water partition coefficient (Wildman–Crippen LogP) is 2.95. The summed E-state index contributed by atoms with van der Waals surface area (Å²) in [6.07, 6.45) is 2.84. The molecule has 2 heteroatoms. The first-order valence-corrected chi connectivity index (χ1v) is 6.44. The molecule has 0 aromatic carbocycles. The van der Waals surface area contributed by atoms with Gasteiger partial charge < -0.3 is 10.1 Å². The highest BCUT2D eigenvalue weighted by molar-refractivity contribution is 5.24. The Kier molecular flexibility index (Phi) is 2.82. The van der Waals surface area contributed by atoms with Crippen LogP contribution in [0.4, 0.5) is 0 Å². The normalized spacial score (nSPS) is 38.6. The second-order valence-electron chi connectivity index (χ2n) is 6.65. The molecule has 0 bridgehead atoms. The van der Waals surface area contributed by atoms with Crippen molar-refractivity contribution in [3.05, 3.63) is 11.8 Å². The van der Waals surface area contributed by atoms with Gasteiger partial charge in [0.1, 0.15) is 6.10 Å². The first-order valence-electron chi connectivity index (χ1n) is 6.44. The number of rotatable bonds is 1. The predicted molar refractivity (Wildman–Crippen MR) is 67.1 cm³/mol. The van der Waals surface area contributed by atoms with E-state index in [4.69, 9.17) is 4.74 Å². The van der Waals surface area contributed by atoms with E-state index < -0.39 is 0 Å². The van der Waals surface area contributed by atoms with Crippen LogP contribution in [0.2, 0.25) is 0 Å². The minimum atomic E-state index is 0.298. The van der Waals surface area contributed by atoms with Crippen LogP contribution in [0.15, 0.2) is 11.8 Å². The second kappa shape index (κ2) is 3.76. The molecule has 2 heterocycles. The highest BCUT2D eigenvalue weighted by Crippen LogP contribution is 2.44. The van der Waals surface area contributed by atoms with Crippen molar-refractivity contribution in [2.75, 3.05) is 0 Å². The van der Waals surface area contributed by atoms with Crippen molar-refractivity contribution in [1.82, 2.24) is 5.32 Å². The molecular formula is C14H25NO. The van der Waals surface area contributed by atoms with Gasteiger partial charge in [-0.3, -0.25) is 0 Å². The van der Waals surface area contributed by atoms with Crippen LogP contribution >= 0.6 is 0 Å². The molecular weight excluding hydrogens is 198 g/mol. The summed E-state index contributed by atoms with van der Waals surface area (Å²) in [5.74, 6) is 1.17. The summed E-state index contributed by atoms with van der Waals surface area (Å²) in [5.41, 5.74) is 1.73. The minimum Gasteiger partial charge on any atom is -0.385 e. The van der Waals surface area contributed by atoms with Crippen molar-refractivity contribution in [3.8, 4) is 0 Å². The average Bonchev–Trinajstić information content (AvgIpc) is 2.57. The van der Waals surface area contributed by atoms with Crippen LogP contribution in [0.3, 0.4) is 0 Å². The van der Waals surface area contributed by atoms with E-state index in [1.54, 1.807) is 0 Å². The van der Waals surface area contributed by atoms with Crippen LogP contribution in [-0.4, -0.2) is 18.2 Å². The molecule has 2 aliphatic rings. The van der Waals surface area contributed by atoms with Crippen molar-refractivity contribution in [2.24, 2.45) is 17.3 Å². The zero-order valence-electron chi connectivity index (χ0n) is 11.4. The number of hydrogen-bond donors (Lipinski definition) is 1. The van der Waals surface area contributed by atoms with Gasteiger partial charge in [-0.05, 0) is 30.0 Å². The Morgan fingerprint density at radius 2 is 1.94 bits per heavy atom. The molecule has 0 radical (unpaired) electrons. The van der Waals surface area contributed by atoms with Crippen molar-refractivity contribution < 1.29 is 4.74 Å². The molecule has 0 saturated carbocycles. The number of nitrogens with one attached hydrogen (secondary N) is 1. The van der Waals surface area contributed by atoms with E-state index >= 15 is 0 Å². The Labute approximate surface area is 99.4 Å². The van der Waals surface area contributed by atoms with Crippen molar-refractivity contribution in [2.45, 2.75) is 59.8 Å². The Balaban J connectivity index is 2.20. The second-order valence-corrected chi connectivity index (χ2v) is 6.65. The zero-order valence-corrected chi connectivity index (χ0v) is 11.4. The van der Waals surface area contributed by atoms with Crippen molar-refractivity contribution in [1.29, 1.82) is 0 Å². The van der Waals surface area contributed by atoms with Gasteiger partial charge in [-0.2, -0.15) is 0 Å². The highest BCUT2D eigenvalue weighted by atomic mass is 16.5. The van der Waals surface area contributed by atoms with Gasteiger partial charge in [0.15, 0.2) is 0 Å². The number of hydrogen-bond acceptors (Lipinski definition) is 2. The number of fused-ring (bicyclic) bond motifs is 1. The van der Waals surface area contributed by atoms with Gasteiger partial charge in [-0.15, -0.1) is 0 Å². The minimum absolute atomic E-state index is 0.298. The molecule has 0 amide bonds. The van der Waals surface area contributed by atoms with Gasteiger partial charge in [-0.25, -0.2) is 0 Å². The van der Waals surface area contributed by atoms with Crippen LogP contribution < -0.4 is 5.32 Å². The summed E-state index contributed by atoms with van der Waals surface area (Å²) < 4.78 is 6.17. The summed E-state index contributed by atoms with van der Waals surface area (Å²) in [5, 5.41) is 3.55. The molecule has 0 spiro atoms. The molecule has 16 heavy (non-hydrogen) atoms. The van der Waals surface area contributed by atoms with Gasteiger partial charge in [0.2, 0.25) is 0 Å². The molecule has 4 atom stereocenters. The summed E-state index contributed by atoms with van der Waals surface area (Å²) in [7, 11) is 0. The molecule has 92 valence electrons. The first kappa shape index (κ1) is 12.0. The SMILES string of the molecule is CC(C)C1=CNC2C1OC(C)C2C(C)(C)C. The van der Waals surface area contributed by atoms with Gasteiger partial charge in [0.25, 0.3) is 0 Å². The molecule has 2 nitrogen and oxygen atoms in total. The molecule has 0 aromatic heterocycles. The smallest absolute Gasteiger partial charge is 0.101 e. The maximum Gasteiger partial charge on any atom is 0.101 e. The Morgan fingerprint density at radius 3 is 2.44 bits per heavy atom. The molecule has 0 aliphatic carbocycles. The van der Waals surface area contributed by atoms with E-state index in [2.05, 4.69) is 53.1 Å².